The van der Waals surface area contributed by atoms with E-state index in [1.165, 1.54) is 6.07 Å². The molecule has 0 radical (unpaired) electrons. The van der Waals surface area contributed by atoms with Crippen LogP contribution in [0, 0.1) is 12.7 Å². The largest absolute Gasteiger partial charge is 0.374 e. The molecule has 2 rings (SSSR count). The van der Waals surface area contributed by atoms with E-state index in [4.69, 9.17) is 5.73 Å². The molecule has 0 bridgehead atoms. The highest BCUT2D eigenvalue weighted by atomic mass is 79.9. The summed E-state index contributed by atoms with van der Waals surface area (Å²) in [5.74, 6) is -0.569. The molecule has 0 saturated carbocycles. The highest BCUT2D eigenvalue weighted by Crippen LogP contribution is 2.27. The molecule has 10 heteroatoms. The number of hydrogen-bond donors (Lipinski definition) is 2. The van der Waals surface area contributed by atoms with Crippen molar-refractivity contribution in [2.75, 3.05) is 10.5 Å². The fraction of sp³-hybridized carbons (Fsp3) is 0.111. The summed E-state index contributed by atoms with van der Waals surface area (Å²) in [5, 5.41) is 6.91. The van der Waals surface area contributed by atoms with Gasteiger partial charge < -0.3 is 5.73 Å². The average molecular weight is 367 g/mol. The summed E-state index contributed by atoms with van der Waals surface area (Å²) in [6.07, 6.45) is 0. The molecule has 3 N–H and O–H groups in total. The standard InChI is InChI=1S/C9H8BrFN4O2S2/c1-4-2-5(10)6(11)3-7(4)15-19(16,17)9-14-13-8(12)18-9/h2-3,15H,1H3,(H2,12,13). The zero-order valence-corrected chi connectivity index (χ0v) is 12.7. The third-order valence-corrected chi connectivity index (χ3v) is 5.26. The molecule has 0 aliphatic rings. The Hall–Kier alpha value is -1.26. The van der Waals surface area contributed by atoms with E-state index >= 15 is 0 Å². The van der Waals surface area contributed by atoms with Crippen LogP contribution < -0.4 is 10.5 Å². The normalized spacial score (nSPS) is 11.5. The minimum Gasteiger partial charge on any atom is -0.374 e. The predicted octanol–water partition coefficient (Wildman–Crippen LogP) is 2.13. The van der Waals surface area contributed by atoms with E-state index in [1.807, 2.05) is 0 Å². The first-order valence-corrected chi connectivity index (χ1v) is 7.96. The van der Waals surface area contributed by atoms with Gasteiger partial charge in [-0.2, -0.15) is 8.42 Å². The van der Waals surface area contributed by atoms with Crippen LogP contribution in [0.4, 0.5) is 15.2 Å². The summed E-state index contributed by atoms with van der Waals surface area (Å²) in [4.78, 5) is 0. The highest BCUT2D eigenvalue weighted by Gasteiger charge is 2.21. The van der Waals surface area contributed by atoms with E-state index in [2.05, 4.69) is 30.8 Å². The molecule has 1 aromatic carbocycles. The molecular weight excluding hydrogens is 359 g/mol. The molecule has 0 amide bonds. The Kier molecular flexibility index (Phi) is 3.74. The smallest absolute Gasteiger partial charge is 0.291 e. The lowest BCUT2D eigenvalue weighted by Gasteiger charge is -2.09. The molecule has 2 aromatic rings. The van der Waals surface area contributed by atoms with Gasteiger partial charge in [0.2, 0.25) is 5.13 Å². The Morgan fingerprint density at radius 2 is 2.11 bits per heavy atom. The summed E-state index contributed by atoms with van der Waals surface area (Å²) in [6.45, 7) is 1.65. The summed E-state index contributed by atoms with van der Waals surface area (Å²) < 4.78 is 39.6. The van der Waals surface area contributed by atoms with Crippen molar-refractivity contribution in [3.8, 4) is 0 Å². The number of nitrogens with one attached hydrogen (secondary N) is 1. The maximum absolute atomic E-state index is 13.4. The second-order valence-electron chi connectivity index (χ2n) is 3.59. The van der Waals surface area contributed by atoms with Gasteiger partial charge in [0.25, 0.3) is 14.4 Å². The molecule has 0 unspecified atom stereocenters. The van der Waals surface area contributed by atoms with Crippen molar-refractivity contribution >= 4 is 48.1 Å². The van der Waals surface area contributed by atoms with Gasteiger partial charge in [-0.05, 0) is 40.5 Å². The zero-order chi connectivity index (χ0) is 14.2. The number of aromatic nitrogens is 2. The van der Waals surface area contributed by atoms with Gasteiger partial charge in [-0.15, -0.1) is 10.2 Å². The second-order valence-corrected chi connectivity index (χ2v) is 7.31. The SMILES string of the molecule is Cc1cc(Br)c(F)cc1NS(=O)(=O)c1nnc(N)s1. The summed E-state index contributed by atoms with van der Waals surface area (Å²) in [7, 11) is -3.91. The quantitative estimate of drug-likeness (QED) is 0.866. The zero-order valence-electron chi connectivity index (χ0n) is 9.52. The van der Waals surface area contributed by atoms with E-state index in [9.17, 15) is 12.8 Å². The van der Waals surface area contributed by atoms with Crippen molar-refractivity contribution in [1.82, 2.24) is 10.2 Å². The first-order chi connectivity index (χ1) is 8.79. The van der Waals surface area contributed by atoms with Crippen LogP contribution in [0.2, 0.25) is 0 Å². The van der Waals surface area contributed by atoms with E-state index < -0.39 is 15.8 Å². The van der Waals surface area contributed by atoms with E-state index in [-0.39, 0.29) is 19.6 Å². The molecule has 1 aromatic heterocycles. The summed E-state index contributed by atoms with van der Waals surface area (Å²) in [5.41, 5.74) is 6.03. The number of nitrogens with zero attached hydrogens (tertiary/aromatic N) is 2. The van der Waals surface area contributed by atoms with Crippen LogP contribution in [-0.2, 0) is 10.0 Å². The van der Waals surface area contributed by atoms with Gasteiger partial charge in [0.15, 0.2) is 0 Å². The number of nitrogen functional groups attached to an aromatic ring is 1. The van der Waals surface area contributed by atoms with Gasteiger partial charge in [0.05, 0.1) is 10.2 Å². The number of sulfonamides is 1. The van der Waals surface area contributed by atoms with Crippen molar-refractivity contribution in [3.05, 3.63) is 28.0 Å². The van der Waals surface area contributed by atoms with Gasteiger partial charge in [0.1, 0.15) is 5.82 Å². The van der Waals surface area contributed by atoms with Gasteiger partial charge in [-0.1, -0.05) is 11.3 Å². The molecule has 0 fully saturated rings. The Labute approximate surface area is 121 Å². The van der Waals surface area contributed by atoms with Crippen LogP contribution in [0.15, 0.2) is 20.9 Å². The molecule has 6 nitrogen and oxygen atoms in total. The molecular formula is C9H8BrFN4O2S2. The van der Waals surface area contributed by atoms with Crippen molar-refractivity contribution in [2.45, 2.75) is 11.3 Å². The Bertz CT molecular complexity index is 732. The van der Waals surface area contributed by atoms with Crippen molar-refractivity contribution in [2.24, 2.45) is 0 Å². The third kappa shape index (κ3) is 3.01. The number of aryl methyl sites for hydroxylation is 1. The van der Waals surface area contributed by atoms with Crippen LogP contribution in [0.1, 0.15) is 5.56 Å². The molecule has 0 saturated heterocycles. The van der Waals surface area contributed by atoms with E-state index in [0.717, 1.165) is 17.4 Å². The topological polar surface area (TPSA) is 98.0 Å². The molecule has 0 atom stereocenters. The van der Waals surface area contributed by atoms with E-state index in [0.29, 0.717) is 5.56 Å². The molecule has 102 valence electrons. The lowest BCUT2D eigenvalue weighted by atomic mass is 10.2. The fourth-order valence-corrected chi connectivity index (χ4v) is 3.64. The number of hydrogen-bond acceptors (Lipinski definition) is 6. The molecule has 0 aliphatic heterocycles. The maximum atomic E-state index is 13.4. The maximum Gasteiger partial charge on any atom is 0.291 e. The Morgan fingerprint density at radius 3 is 2.68 bits per heavy atom. The van der Waals surface area contributed by atoms with Gasteiger partial charge >= 0.3 is 0 Å². The first-order valence-electron chi connectivity index (χ1n) is 4.87. The highest BCUT2D eigenvalue weighted by molar-refractivity contribution is 9.10. The van der Waals surface area contributed by atoms with E-state index in [1.54, 1.807) is 6.92 Å². The molecule has 0 aliphatic carbocycles. The lowest BCUT2D eigenvalue weighted by Crippen LogP contribution is -2.13. The first kappa shape index (κ1) is 14.2. The average Bonchev–Trinajstić information content (AvgIpc) is 2.73. The van der Waals surface area contributed by atoms with Crippen LogP contribution in [0.25, 0.3) is 0 Å². The monoisotopic (exact) mass is 366 g/mol. The molecule has 19 heavy (non-hydrogen) atoms. The van der Waals surface area contributed by atoms with Crippen LogP contribution in [0.3, 0.4) is 0 Å². The summed E-state index contributed by atoms with van der Waals surface area (Å²) >= 11 is 3.75. The number of halogens is 2. The minimum absolute atomic E-state index is 0.0408. The Balaban J connectivity index is 2.38. The number of nitrogens with two attached hydrogens (primary N) is 1. The predicted molar refractivity (Wildman–Crippen MR) is 74.0 cm³/mol. The van der Waals surface area contributed by atoms with Crippen LogP contribution >= 0.6 is 27.3 Å². The number of anilines is 2. The van der Waals surface area contributed by atoms with Crippen molar-refractivity contribution in [3.63, 3.8) is 0 Å². The number of benzene rings is 1. The van der Waals surface area contributed by atoms with Crippen LogP contribution in [0.5, 0.6) is 0 Å². The molecule has 0 spiro atoms. The minimum atomic E-state index is -3.91. The van der Waals surface area contributed by atoms with Gasteiger partial charge in [-0.3, -0.25) is 4.72 Å². The Morgan fingerprint density at radius 1 is 1.42 bits per heavy atom. The third-order valence-electron chi connectivity index (χ3n) is 2.16. The number of rotatable bonds is 3. The van der Waals surface area contributed by atoms with Gasteiger partial charge in [0, 0.05) is 0 Å². The van der Waals surface area contributed by atoms with Crippen LogP contribution in [-0.4, -0.2) is 18.6 Å². The second kappa shape index (κ2) is 5.02. The summed E-state index contributed by atoms with van der Waals surface area (Å²) in [6, 6.07) is 2.56. The fourth-order valence-electron chi connectivity index (χ4n) is 1.27. The van der Waals surface area contributed by atoms with Gasteiger partial charge in [-0.25, -0.2) is 4.39 Å². The van der Waals surface area contributed by atoms with Crippen molar-refractivity contribution in [1.29, 1.82) is 0 Å². The molecule has 1 heterocycles. The lowest BCUT2D eigenvalue weighted by molar-refractivity contribution is 0.599. The van der Waals surface area contributed by atoms with Crippen molar-refractivity contribution < 1.29 is 12.8 Å².